The van der Waals surface area contributed by atoms with Crippen molar-refractivity contribution >= 4 is 23.2 Å². The van der Waals surface area contributed by atoms with Crippen molar-refractivity contribution in [3.63, 3.8) is 0 Å². The first-order valence-electron chi connectivity index (χ1n) is 9.00. The van der Waals surface area contributed by atoms with Gasteiger partial charge in [-0.3, -0.25) is 9.59 Å². The number of nitrogens with zero attached hydrogens (tertiary/aromatic N) is 3. The normalized spacial score (nSPS) is 26.4. The number of amides is 1. The van der Waals surface area contributed by atoms with E-state index in [-0.39, 0.29) is 17.7 Å². The van der Waals surface area contributed by atoms with Crippen LogP contribution in [0.3, 0.4) is 0 Å². The van der Waals surface area contributed by atoms with E-state index >= 15 is 0 Å². The lowest BCUT2D eigenvalue weighted by molar-refractivity contribution is -0.148. The number of carboxylic acid groups (broad SMARTS) is 1. The largest absolute Gasteiger partial charge is 0.481 e. The summed E-state index contributed by atoms with van der Waals surface area (Å²) in [5.74, 6) is -0.524. The molecule has 2 aliphatic rings. The van der Waals surface area contributed by atoms with E-state index in [0.717, 1.165) is 30.2 Å². The molecule has 2 aliphatic heterocycles. The second-order valence-corrected chi connectivity index (χ2v) is 8.73. The fourth-order valence-electron chi connectivity index (χ4n) is 4.12. The van der Waals surface area contributed by atoms with Crippen molar-refractivity contribution in [2.75, 3.05) is 32.7 Å². The first kappa shape index (κ1) is 18.3. The van der Waals surface area contributed by atoms with Gasteiger partial charge in [0.15, 0.2) is 0 Å². The molecule has 1 aromatic rings. The standard InChI is InChI=1S/C18H27N3O3S/c1-5-6-20-7-13-8-21(10-18(13,9-20)17(23)24)16(22)14-12(4)19-15(25-14)11(2)3/h11,13H,5-10H2,1-4H3,(H,23,24)/t13-,18-/m1/s1. The van der Waals surface area contributed by atoms with Gasteiger partial charge in [0.1, 0.15) is 10.3 Å². The number of fused-ring (bicyclic) bond motifs is 1. The smallest absolute Gasteiger partial charge is 0.313 e. The molecule has 1 amide bonds. The van der Waals surface area contributed by atoms with Crippen LogP contribution in [0.2, 0.25) is 0 Å². The molecule has 1 N–H and O–H groups in total. The van der Waals surface area contributed by atoms with Crippen molar-refractivity contribution in [1.29, 1.82) is 0 Å². The predicted octanol–water partition coefficient (Wildman–Crippen LogP) is 2.44. The van der Waals surface area contributed by atoms with Gasteiger partial charge in [0.25, 0.3) is 5.91 Å². The molecule has 7 heteroatoms. The van der Waals surface area contributed by atoms with Crippen molar-refractivity contribution in [2.45, 2.75) is 40.0 Å². The zero-order chi connectivity index (χ0) is 18.4. The number of aromatic nitrogens is 1. The lowest BCUT2D eigenvalue weighted by Gasteiger charge is -2.25. The Kier molecular flexibility index (Phi) is 4.90. The summed E-state index contributed by atoms with van der Waals surface area (Å²) < 4.78 is 0. The number of rotatable bonds is 5. The summed E-state index contributed by atoms with van der Waals surface area (Å²) in [7, 11) is 0. The van der Waals surface area contributed by atoms with Gasteiger partial charge in [0.2, 0.25) is 0 Å². The van der Waals surface area contributed by atoms with Gasteiger partial charge in [-0.05, 0) is 19.9 Å². The summed E-state index contributed by atoms with van der Waals surface area (Å²) in [5, 5.41) is 10.8. The first-order valence-corrected chi connectivity index (χ1v) is 9.82. The lowest BCUT2D eigenvalue weighted by atomic mass is 9.81. The molecule has 3 heterocycles. The van der Waals surface area contributed by atoms with E-state index in [1.54, 1.807) is 4.90 Å². The average molecular weight is 365 g/mol. The highest BCUT2D eigenvalue weighted by molar-refractivity contribution is 7.13. The molecule has 138 valence electrons. The Morgan fingerprint density at radius 2 is 2.08 bits per heavy atom. The van der Waals surface area contributed by atoms with Crippen LogP contribution < -0.4 is 0 Å². The molecule has 0 aromatic carbocycles. The highest BCUT2D eigenvalue weighted by atomic mass is 32.1. The minimum atomic E-state index is -0.815. The molecule has 0 bridgehead atoms. The number of hydrogen-bond donors (Lipinski definition) is 1. The van der Waals surface area contributed by atoms with E-state index in [1.165, 1.54) is 11.3 Å². The van der Waals surface area contributed by atoms with Crippen molar-refractivity contribution in [1.82, 2.24) is 14.8 Å². The third-order valence-corrected chi connectivity index (χ3v) is 6.88. The summed E-state index contributed by atoms with van der Waals surface area (Å²) in [4.78, 5) is 34.2. The number of carboxylic acids is 1. The maximum absolute atomic E-state index is 13.0. The molecule has 2 fully saturated rings. The minimum absolute atomic E-state index is 0.0123. The summed E-state index contributed by atoms with van der Waals surface area (Å²) in [6, 6.07) is 0. The molecule has 0 radical (unpaired) electrons. The first-order chi connectivity index (χ1) is 11.8. The lowest BCUT2D eigenvalue weighted by Crippen LogP contribution is -2.42. The molecule has 0 unspecified atom stereocenters. The summed E-state index contributed by atoms with van der Waals surface area (Å²) in [5.41, 5.74) is -0.0580. The van der Waals surface area contributed by atoms with E-state index in [0.29, 0.717) is 24.5 Å². The van der Waals surface area contributed by atoms with Crippen LogP contribution in [0.1, 0.15) is 53.5 Å². The van der Waals surface area contributed by atoms with Gasteiger partial charge < -0.3 is 14.9 Å². The molecule has 25 heavy (non-hydrogen) atoms. The van der Waals surface area contributed by atoms with Crippen molar-refractivity contribution in [3.05, 3.63) is 15.6 Å². The van der Waals surface area contributed by atoms with Crippen LogP contribution >= 0.6 is 11.3 Å². The Hall–Kier alpha value is -1.47. The van der Waals surface area contributed by atoms with Gasteiger partial charge in [0.05, 0.1) is 10.7 Å². The number of likely N-dealkylation sites (tertiary alicyclic amines) is 2. The summed E-state index contributed by atoms with van der Waals surface area (Å²) in [6.07, 6.45) is 1.02. The van der Waals surface area contributed by atoms with E-state index in [4.69, 9.17) is 0 Å². The van der Waals surface area contributed by atoms with Crippen molar-refractivity contribution in [3.8, 4) is 0 Å². The third-order valence-electron chi connectivity index (χ3n) is 5.43. The Bertz CT molecular complexity index is 687. The highest BCUT2D eigenvalue weighted by Gasteiger charge is 2.58. The van der Waals surface area contributed by atoms with Gasteiger partial charge in [-0.15, -0.1) is 11.3 Å². The Morgan fingerprint density at radius 1 is 1.36 bits per heavy atom. The molecular formula is C18H27N3O3S. The van der Waals surface area contributed by atoms with Gasteiger partial charge in [-0.2, -0.15) is 0 Å². The maximum Gasteiger partial charge on any atom is 0.313 e. The van der Waals surface area contributed by atoms with Gasteiger partial charge in [0, 0.05) is 38.0 Å². The molecule has 6 nitrogen and oxygen atoms in total. The van der Waals surface area contributed by atoms with Crippen molar-refractivity contribution in [2.24, 2.45) is 11.3 Å². The zero-order valence-electron chi connectivity index (χ0n) is 15.4. The number of thiazole rings is 1. The van der Waals surface area contributed by atoms with Crippen LogP contribution in [0.4, 0.5) is 0 Å². The van der Waals surface area contributed by atoms with Crippen LogP contribution in [0.5, 0.6) is 0 Å². The van der Waals surface area contributed by atoms with Gasteiger partial charge >= 0.3 is 5.97 Å². The number of aryl methyl sites for hydroxylation is 1. The number of carbonyl (C=O) groups is 2. The van der Waals surface area contributed by atoms with Gasteiger partial charge in [-0.1, -0.05) is 20.8 Å². The fraction of sp³-hybridized carbons (Fsp3) is 0.722. The van der Waals surface area contributed by atoms with Gasteiger partial charge in [-0.25, -0.2) is 4.98 Å². The van der Waals surface area contributed by atoms with E-state index in [1.807, 2.05) is 6.92 Å². The molecule has 0 saturated carbocycles. The number of hydrogen-bond acceptors (Lipinski definition) is 5. The highest BCUT2D eigenvalue weighted by Crippen LogP contribution is 2.43. The van der Waals surface area contributed by atoms with E-state index in [2.05, 4.69) is 30.7 Å². The second-order valence-electron chi connectivity index (χ2n) is 7.70. The second kappa shape index (κ2) is 6.68. The molecule has 0 aliphatic carbocycles. The molecular weight excluding hydrogens is 338 g/mol. The molecule has 2 saturated heterocycles. The molecule has 2 atom stereocenters. The monoisotopic (exact) mass is 365 g/mol. The maximum atomic E-state index is 13.0. The number of carbonyl (C=O) groups excluding carboxylic acids is 1. The Morgan fingerprint density at radius 3 is 2.60 bits per heavy atom. The van der Waals surface area contributed by atoms with E-state index < -0.39 is 11.4 Å². The Labute approximate surface area is 152 Å². The Balaban J connectivity index is 1.80. The molecule has 3 rings (SSSR count). The SMILES string of the molecule is CCCN1C[C@@H]2CN(C(=O)c3sc(C(C)C)nc3C)C[C@]2(C(=O)O)C1. The zero-order valence-corrected chi connectivity index (χ0v) is 16.2. The van der Waals surface area contributed by atoms with Crippen LogP contribution in [0.25, 0.3) is 0 Å². The molecule has 0 spiro atoms. The van der Waals surface area contributed by atoms with Crippen LogP contribution in [0.15, 0.2) is 0 Å². The minimum Gasteiger partial charge on any atom is -0.481 e. The average Bonchev–Trinajstić information content (AvgIpc) is 3.17. The fourth-order valence-corrected chi connectivity index (χ4v) is 5.16. The quantitative estimate of drug-likeness (QED) is 0.868. The number of aliphatic carboxylic acids is 1. The predicted molar refractivity (Wildman–Crippen MR) is 97.1 cm³/mol. The topological polar surface area (TPSA) is 73.7 Å². The van der Waals surface area contributed by atoms with E-state index in [9.17, 15) is 14.7 Å². The summed E-state index contributed by atoms with van der Waals surface area (Å²) >= 11 is 1.45. The summed E-state index contributed by atoms with van der Waals surface area (Å²) in [6.45, 7) is 11.2. The third kappa shape index (κ3) is 3.08. The van der Waals surface area contributed by atoms with Crippen LogP contribution in [0, 0.1) is 18.3 Å². The van der Waals surface area contributed by atoms with Crippen LogP contribution in [-0.2, 0) is 4.79 Å². The van der Waals surface area contributed by atoms with Crippen LogP contribution in [-0.4, -0.2) is 64.5 Å². The van der Waals surface area contributed by atoms with Crippen molar-refractivity contribution < 1.29 is 14.7 Å². The molecule has 1 aromatic heterocycles.